The van der Waals surface area contributed by atoms with Crippen molar-refractivity contribution < 1.29 is 8.83 Å². The fourth-order valence-electron chi connectivity index (χ4n) is 7.40. The highest BCUT2D eigenvalue weighted by atomic mass is 16.3. The zero-order valence-electron chi connectivity index (χ0n) is 26.5. The van der Waals surface area contributed by atoms with Gasteiger partial charge in [-0.25, -0.2) is 0 Å². The summed E-state index contributed by atoms with van der Waals surface area (Å²) in [6.45, 7) is 0. The van der Waals surface area contributed by atoms with Gasteiger partial charge >= 0.3 is 0 Å². The van der Waals surface area contributed by atoms with E-state index in [0.29, 0.717) is 0 Å². The van der Waals surface area contributed by atoms with E-state index in [1.54, 1.807) is 0 Å². The SMILES string of the molecule is c1cc(-c2ccc(N(c3cccc4c3oc3ccccc34)c3cccc4oc5ccccc5c34)cc2)cc(-c2cccc3ccccc23)c1. The van der Waals surface area contributed by atoms with Crippen molar-refractivity contribution in [2.45, 2.75) is 0 Å². The van der Waals surface area contributed by atoms with Gasteiger partial charge in [-0.05, 0) is 81.6 Å². The Bertz CT molecular complexity index is 2830. The Morgan fingerprint density at radius 2 is 0.980 bits per heavy atom. The maximum atomic E-state index is 6.60. The van der Waals surface area contributed by atoms with Crippen LogP contribution in [0.5, 0.6) is 0 Å². The van der Waals surface area contributed by atoms with Crippen molar-refractivity contribution in [3.8, 4) is 22.3 Å². The quantitative estimate of drug-likeness (QED) is 0.190. The molecule has 0 saturated heterocycles. The van der Waals surface area contributed by atoms with Crippen LogP contribution in [0.4, 0.5) is 17.1 Å². The van der Waals surface area contributed by atoms with Crippen LogP contribution in [0, 0.1) is 0 Å². The second-order valence-electron chi connectivity index (χ2n) is 12.5. The molecule has 8 aromatic carbocycles. The Morgan fingerprint density at radius 1 is 0.367 bits per heavy atom. The molecule has 0 unspecified atom stereocenters. The Balaban J connectivity index is 1.15. The van der Waals surface area contributed by atoms with Gasteiger partial charge in [-0.3, -0.25) is 0 Å². The van der Waals surface area contributed by atoms with Gasteiger partial charge in [0, 0.05) is 21.8 Å². The molecule has 3 nitrogen and oxygen atoms in total. The third-order valence-electron chi connectivity index (χ3n) is 9.67. The molecule has 0 bridgehead atoms. The highest BCUT2D eigenvalue weighted by molar-refractivity contribution is 6.16. The highest BCUT2D eigenvalue weighted by Crippen LogP contribution is 2.46. The molecule has 0 atom stereocenters. The van der Waals surface area contributed by atoms with Crippen LogP contribution in [0.3, 0.4) is 0 Å². The molecule has 0 N–H and O–H groups in total. The second kappa shape index (κ2) is 11.0. The van der Waals surface area contributed by atoms with Gasteiger partial charge in [0.2, 0.25) is 0 Å². The molecular weight excluding hydrogens is 599 g/mol. The van der Waals surface area contributed by atoms with Crippen LogP contribution in [0.1, 0.15) is 0 Å². The minimum absolute atomic E-state index is 0.848. The van der Waals surface area contributed by atoms with E-state index in [9.17, 15) is 0 Å². The van der Waals surface area contributed by atoms with Crippen molar-refractivity contribution in [1.82, 2.24) is 0 Å². The van der Waals surface area contributed by atoms with Crippen molar-refractivity contribution in [1.29, 1.82) is 0 Å². The number of nitrogens with zero attached hydrogens (tertiary/aromatic N) is 1. The zero-order valence-corrected chi connectivity index (χ0v) is 26.5. The van der Waals surface area contributed by atoms with Crippen LogP contribution in [0.2, 0.25) is 0 Å². The van der Waals surface area contributed by atoms with Gasteiger partial charge in [-0.15, -0.1) is 0 Å². The molecule has 0 aliphatic heterocycles. The van der Waals surface area contributed by atoms with E-state index >= 15 is 0 Å². The number of anilines is 3. The summed E-state index contributed by atoms with van der Waals surface area (Å²) in [7, 11) is 0. The molecule has 0 spiro atoms. The first kappa shape index (κ1) is 27.5. The lowest BCUT2D eigenvalue weighted by atomic mass is 9.95. The number of fused-ring (bicyclic) bond motifs is 7. The number of furan rings is 2. The maximum absolute atomic E-state index is 6.60. The summed E-state index contributed by atoms with van der Waals surface area (Å²) in [5, 5.41) is 6.84. The minimum atomic E-state index is 0.848. The monoisotopic (exact) mass is 627 g/mol. The number of benzene rings is 8. The van der Waals surface area contributed by atoms with Crippen LogP contribution in [0.15, 0.2) is 185 Å². The van der Waals surface area contributed by atoms with Gasteiger partial charge in [0.15, 0.2) is 5.58 Å². The van der Waals surface area contributed by atoms with E-state index in [0.717, 1.165) is 66.5 Å². The van der Waals surface area contributed by atoms with E-state index in [-0.39, 0.29) is 0 Å². The lowest BCUT2D eigenvalue weighted by molar-refractivity contribution is 0.668. The number of hydrogen-bond acceptors (Lipinski definition) is 3. The number of hydrogen-bond donors (Lipinski definition) is 0. The molecule has 0 fully saturated rings. The molecule has 10 aromatic rings. The lowest BCUT2D eigenvalue weighted by Gasteiger charge is -2.26. The summed E-state index contributed by atoms with van der Waals surface area (Å²) in [5.41, 5.74) is 11.2. The molecular formula is C46H29NO2. The van der Waals surface area contributed by atoms with Gasteiger partial charge in [0.05, 0.1) is 16.8 Å². The molecule has 49 heavy (non-hydrogen) atoms. The standard InChI is InChI=1S/C46H29NO2/c1-2-15-35-31(11-1)12-8-18-36(35)33-14-7-13-32(29-33)30-25-27-34(28-26-30)47(40-20-10-24-44-45(40)39-17-4-6-23-43(39)48-44)41-21-9-19-38-37-16-3-5-22-42(37)49-46(38)41/h1-29H. The third kappa shape index (κ3) is 4.44. The highest BCUT2D eigenvalue weighted by Gasteiger charge is 2.23. The second-order valence-corrected chi connectivity index (χ2v) is 12.5. The van der Waals surface area contributed by atoms with E-state index in [4.69, 9.17) is 8.83 Å². The van der Waals surface area contributed by atoms with E-state index in [1.165, 1.54) is 27.5 Å². The molecule has 230 valence electrons. The predicted molar refractivity (Wildman–Crippen MR) is 204 cm³/mol. The van der Waals surface area contributed by atoms with Gasteiger partial charge in [-0.2, -0.15) is 0 Å². The summed E-state index contributed by atoms with van der Waals surface area (Å²) >= 11 is 0. The first-order valence-electron chi connectivity index (χ1n) is 16.6. The normalized spacial score (nSPS) is 11.7. The van der Waals surface area contributed by atoms with Gasteiger partial charge in [0.1, 0.15) is 16.7 Å². The van der Waals surface area contributed by atoms with Gasteiger partial charge in [-0.1, -0.05) is 127 Å². The van der Waals surface area contributed by atoms with E-state index in [2.05, 4.69) is 150 Å². The molecule has 0 radical (unpaired) electrons. The Morgan fingerprint density at radius 3 is 1.86 bits per heavy atom. The third-order valence-corrected chi connectivity index (χ3v) is 9.67. The first-order valence-corrected chi connectivity index (χ1v) is 16.6. The van der Waals surface area contributed by atoms with Crippen LogP contribution in [0.25, 0.3) is 76.9 Å². The average molecular weight is 628 g/mol. The predicted octanol–water partition coefficient (Wildman–Crippen LogP) is 13.4. The Labute approximate surface area is 282 Å². The van der Waals surface area contributed by atoms with Crippen LogP contribution in [-0.2, 0) is 0 Å². The largest absolute Gasteiger partial charge is 0.456 e. The molecule has 2 heterocycles. The maximum Gasteiger partial charge on any atom is 0.159 e. The van der Waals surface area contributed by atoms with Crippen molar-refractivity contribution >= 4 is 71.7 Å². The fourth-order valence-corrected chi connectivity index (χ4v) is 7.40. The fraction of sp³-hybridized carbons (Fsp3) is 0. The van der Waals surface area contributed by atoms with E-state index < -0.39 is 0 Å². The Kier molecular flexibility index (Phi) is 6.18. The van der Waals surface area contributed by atoms with Crippen LogP contribution >= 0.6 is 0 Å². The summed E-state index contributed by atoms with van der Waals surface area (Å²) in [6, 6.07) is 62.0. The van der Waals surface area contributed by atoms with Crippen molar-refractivity contribution in [2.75, 3.05) is 4.90 Å². The van der Waals surface area contributed by atoms with E-state index in [1.807, 2.05) is 30.3 Å². The molecule has 2 aromatic heterocycles. The molecule has 0 aliphatic carbocycles. The minimum Gasteiger partial charge on any atom is -0.456 e. The topological polar surface area (TPSA) is 29.5 Å². The summed E-state index contributed by atoms with van der Waals surface area (Å²) < 4.78 is 13.0. The smallest absolute Gasteiger partial charge is 0.159 e. The van der Waals surface area contributed by atoms with Crippen LogP contribution < -0.4 is 4.90 Å². The number of rotatable bonds is 5. The summed E-state index contributed by atoms with van der Waals surface area (Å²) in [4.78, 5) is 2.31. The van der Waals surface area contributed by atoms with Gasteiger partial charge in [0.25, 0.3) is 0 Å². The lowest BCUT2D eigenvalue weighted by Crippen LogP contribution is -2.10. The molecule has 10 rings (SSSR count). The van der Waals surface area contributed by atoms with Crippen molar-refractivity contribution in [3.05, 3.63) is 176 Å². The zero-order chi connectivity index (χ0) is 32.3. The van der Waals surface area contributed by atoms with Crippen molar-refractivity contribution in [2.24, 2.45) is 0 Å². The molecule has 3 heteroatoms. The molecule has 0 saturated carbocycles. The van der Waals surface area contributed by atoms with Crippen LogP contribution in [-0.4, -0.2) is 0 Å². The Hall–Kier alpha value is -6.58. The van der Waals surface area contributed by atoms with Gasteiger partial charge < -0.3 is 13.7 Å². The van der Waals surface area contributed by atoms with Crippen molar-refractivity contribution in [3.63, 3.8) is 0 Å². The summed E-state index contributed by atoms with van der Waals surface area (Å²) in [6.07, 6.45) is 0. The first-order chi connectivity index (χ1) is 24.3. The molecule has 0 aliphatic rings. The average Bonchev–Trinajstić information content (AvgIpc) is 3.75. The summed E-state index contributed by atoms with van der Waals surface area (Å²) in [5.74, 6) is 0. The molecule has 0 amide bonds. The number of para-hydroxylation sites is 3.